The molecule has 2 rings (SSSR count). The van der Waals surface area contributed by atoms with Gasteiger partial charge < -0.3 is 10.0 Å². The first kappa shape index (κ1) is 14.1. The van der Waals surface area contributed by atoms with Crippen LogP contribution in [0.2, 0.25) is 0 Å². The van der Waals surface area contributed by atoms with Crippen molar-refractivity contribution < 1.29 is 14.7 Å². The molecule has 0 saturated heterocycles. The zero-order chi connectivity index (χ0) is 14.5. The number of nitrogens with one attached hydrogen (secondary N) is 1. The normalized spacial score (nSPS) is 16.6. The second kappa shape index (κ2) is 6.22. The Hall–Kier alpha value is -2.32. The van der Waals surface area contributed by atoms with Gasteiger partial charge in [-0.15, -0.1) is 6.42 Å². The molecule has 0 radical (unpaired) electrons. The van der Waals surface area contributed by atoms with Gasteiger partial charge in [0, 0.05) is 18.2 Å². The Morgan fingerprint density at radius 2 is 2.20 bits per heavy atom. The van der Waals surface area contributed by atoms with Crippen molar-refractivity contribution in [3.8, 4) is 12.3 Å². The Bertz CT molecular complexity index is 562. The Labute approximate surface area is 117 Å². The molecule has 1 aromatic rings. The van der Waals surface area contributed by atoms with E-state index in [1.54, 1.807) is 4.90 Å². The Morgan fingerprint density at radius 1 is 1.45 bits per heavy atom. The van der Waals surface area contributed by atoms with E-state index in [9.17, 15) is 9.59 Å². The predicted molar refractivity (Wildman–Crippen MR) is 75.5 cm³/mol. The molecule has 1 amide bonds. The van der Waals surface area contributed by atoms with Crippen LogP contribution in [0.15, 0.2) is 24.3 Å². The van der Waals surface area contributed by atoms with Crippen LogP contribution in [0.25, 0.3) is 0 Å². The molecule has 1 aromatic carbocycles. The third kappa shape index (κ3) is 2.98. The first-order chi connectivity index (χ1) is 9.63. The lowest BCUT2D eigenvalue weighted by Gasteiger charge is -2.17. The Morgan fingerprint density at radius 3 is 2.90 bits per heavy atom. The number of amides is 1. The summed E-state index contributed by atoms with van der Waals surface area (Å²) in [5, 5.41) is 11.8. The van der Waals surface area contributed by atoms with Gasteiger partial charge in [0.25, 0.3) is 0 Å². The van der Waals surface area contributed by atoms with E-state index in [2.05, 4.69) is 11.2 Å². The maximum absolute atomic E-state index is 12.2. The maximum Gasteiger partial charge on any atom is 0.304 e. The summed E-state index contributed by atoms with van der Waals surface area (Å²) in [4.78, 5) is 24.7. The minimum atomic E-state index is -0.857. The standard InChI is InChI=1S/C15H16N2O3/c1-2-7-16-9-14(18)17-10-11(8-15(19)20)12-5-3-4-6-13(12)17/h1,3-6,11,16H,7-10H2,(H,19,20). The zero-order valence-electron chi connectivity index (χ0n) is 11.0. The second-order valence-corrected chi connectivity index (χ2v) is 4.67. The van der Waals surface area contributed by atoms with Crippen LogP contribution in [0.4, 0.5) is 5.69 Å². The fourth-order valence-corrected chi connectivity index (χ4v) is 2.45. The van der Waals surface area contributed by atoms with Gasteiger partial charge in [-0.25, -0.2) is 0 Å². The molecule has 0 fully saturated rings. The molecule has 5 heteroatoms. The van der Waals surface area contributed by atoms with Crippen molar-refractivity contribution in [1.29, 1.82) is 0 Å². The average Bonchev–Trinajstić information content (AvgIpc) is 2.78. The molecule has 2 N–H and O–H groups in total. The summed E-state index contributed by atoms with van der Waals surface area (Å²) in [5.74, 6) is 1.30. The lowest BCUT2D eigenvalue weighted by atomic mass is 9.98. The smallest absolute Gasteiger partial charge is 0.304 e. The number of carboxylic acids is 1. The number of carbonyl (C=O) groups is 2. The van der Waals surface area contributed by atoms with Crippen molar-refractivity contribution in [3.05, 3.63) is 29.8 Å². The Balaban J connectivity index is 2.14. The number of anilines is 1. The molecule has 0 aromatic heterocycles. The summed E-state index contributed by atoms with van der Waals surface area (Å²) in [6, 6.07) is 7.43. The van der Waals surface area contributed by atoms with Crippen molar-refractivity contribution >= 4 is 17.6 Å². The summed E-state index contributed by atoms with van der Waals surface area (Å²) in [5.41, 5.74) is 1.71. The van der Waals surface area contributed by atoms with Gasteiger partial charge in [-0.3, -0.25) is 14.9 Å². The average molecular weight is 272 g/mol. The van der Waals surface area contributed by atoms with Gasteiger partial charge in [0.05, 0.1) is 19.5 Å². The van der Waals surface area contributed by atoms with Gasteiger partial charge in [0.1, 0.15) is 0 Å². The van der Waals surface area contributed by atoms with E-state index >= 15 is 0 Å². The molecule has 20 heavy (non-hydrogen) atoms. The van der Waals surface area contributed by atoms with E-state index in [4.69, 9.17) is 11.5 Å². The van der Waals surface area contributed by atoms with E-state index in [1.807, 2.05) is 24.3 Å². The fourth-order valence-electron chi connectivity index (χ4n) is 2.45. The Kier molecular flexibility index (Phi) is 4.38. The van der Waals surface area contributed by atoms with E-state index in [0.29, 0.717) is 13.1 Å². The zero-order valence-corrected chi connectivity index (χ0v) is 11.0. The molecule has 5 nitrogen and oxygen atoms in total. The third-order valence-electron chi connectivity index (χ3n) is 3.30. The molecule has 1 aliphatic heterocycles. The minimum absolute atomic E-state index is 0.0264. The third-order valence-corrected chi connectivity index (χ3v) is 3.30. The lowest BCUT2D eigenvalue weighted by Crippen LogP contribution is -2.37. The number of hydrogen-bond donors (Lipinski definition) is 2. The molecule has 1 aliphatic rings. The van der Waals surface area contributed by atoms with Gasteiger partial charge in [0.15, 0.2) is 0 Å². The lowest BCUT2D eigenvalue weighted by molar-refractivity contribution is -0.137. The number of aliphatic carboxylic acids is 1. The van der Waals surface area contributed by atoms with Crippen molar-refractivity contribution in [3.63, 3.8) is 0 Å². The van der Waals surface area contributed by atoms with E-state index in [-0.39, 0.29) is 24.8 Å². The molecule has 0 aliphatic carbocycles. The topological polar surface area (TPSA) is 69.6 Å². The summed E-state index contributed by atoms with van der Waals surface area (Å²) < 4.78 is 0. The van der Waals surface area contributed by atoms with E-state index < -0.39 is 5.97 Å². The molecule has 1 atom stereocenters. The number of benzene rings is 1. The minimum Gasteiger partial charge on any atom is -0.481 e. The number of para-hydroxylation sites is 1. The fraction of sp³-hybridized carbons (Fsp3) is 0.333. The number of terminal acetylenes is 1. The summed E-state index contributed by atoms with van der Waals surface area (Å²) in [6.45, 7) is 0.889. The largest absolute Gasteiger partial charge is 0.481 e. The molecule has 104 valence electrons. The summed E-state index contributed by atoms with van der Waals surface area (Å²) >= 11 is 0. The predicted octanol–water partition coefficient (Wildman–Crippen LogP) is 0.814. The second-order valence-electron chi connectivity index (χ2n) is 4.67. The summed E-state index contributed by atoms with van der Waals surface area (Å²) in [6.07, 6.45) is 5.15. The van der Waals surface area contributed by atoms with Crippen molar-refractivity contribution in [2.75, 3.05) is 24.5 Å². The first-order valence-corrected chi connectivity index (χ1v) is 6.38. The number of carboxylic acid groups (broad SMARTS) is 1. The maximum atomic E-state index is 12.2. The van der Waals surface area contributed by atoms with Gasteiger partial charge in [-0.1, -0.05) is 24.1 Å². The van der Waals surface area contributed by atoms with Crippen LogP contribution >= 0.6 is 0 Å². The van der Waals surface area contributed by atoms with Crippen LogP contribution in [-0.2, 0) is 9.59 Å². The highest BCUT2D eigenvalue weighted by Crippen LogP contribution is 2.37. The monoisotopic (exact) mass is 272 g/mol. The number of fused-ring (bicyclic) bond motifs is 1. The first-order valence-electron chi connectivity index (χ1n) is 6.38. The number of rotatable bonds is 5. The van der Waals surface area contributed by atoms with Crippen LogP contribution < -0.4 is 10.2 Å². The van der Waals surface area contributed by atoms with Crippen LogP contribution in [0.3, 0.4) is 0 Å². The molecule has 1 unspecified atom stereocenters. The van der Waals surface area contributed by atoms with E-state index in [0.717, 1.165) is 11.3 Å². The van der Waals surface area contributed by atoms with Crippen LogP contribution in [0.5, 0.6) is 0 Å². The molecule has 0 saturated carbocycles. The SMILES string of the molecule is C#CCNCC(=O)N1CC(CC(=O)O)c2ccccc21. The van der Waals surface area contributed by atoms with Crippen LogP contribution in [-0.4, -0.2) is 36.6 Å². The summed E-state index contributed by atoms with van der Waals surface area (Å²) in [7, 11) is 0. The van der Waals surface area contributed by atoms with Gasteiger partial charge in [-0.05, 0) is 11.6 Å². The number of nitrogens with zero attached hydrogens (tertiary/aromatic N) is 1. The number of carbonyl (C=O) groups excluding carboxylic acids is 1. The van der Waals surface area contributed by atoms with Gasteiger partial charge >= 0.3 is 5.97 Å². The van der Waals surface area contributed by atoms with Crippen LogP contribution in [0.1, 0.15) is 17.9 Å². The number of hydrogen-bond acceptors (Lipinski definition) is 3. The van der Waals surface area contributed by atoms with Crippen molar-refractivity contribution in [2.24, 2.45) is 0 Å². The highest BCUT2D eigenvalue weighted by atomic mass is 16.4. The highest BCUT2D eigenvalue weighted by Gasteiger charge is 2.32. The van der Waals surface area contributed by atoms with Crippen LogP contribution in [0, 0.1) is 12.3 Å². The van der Waals surface area contributed by atoms with Crippen molar-refractivity contribution in [1.82, 2.24) is 5.32 Å². The van der Waals surface area contributed by atoms with Gasteiger partial charge in [-0.2, -0.15) is 0 Å². The quantitative estimate of drug-likeness (QED) is 0.615. The molecular weight excluding hydrogens is 256 g/mol. The van der Waals surface area contributed by atoms with Crippen molar-refractivity contribution in [2.45, 2.75) is 12.3 Å². The molecule has 0 spiro atoms. The van der Waals surface area contributed by atoms with E-state index in [1.165, 1.54) is 0 Å². The molecular formula is C15H16N2O3. The highest BCUT2D eigenvalue weighted by molar-refractivity contribution is 5.97. The molecule has 1 heterocycles. The van der Waals surface area contributed by atoms with Gasteiger partial charge in [0.2, 0.25) is 5.91 Å². The molecule has 0 bridgehead atoms.